The monoisotopic (exact) mass is 314 g/mol. The molecule has 1 aliphatic heterocycles. The lowest BCUT2D eigenvalue weighted by molar-refractivity contribution is -0.120. The zero-order valence-electron chi connectivity index (χ0n) is 11.3. The molecule has 1 unspecified atom stereocenters. The van der Waals surface area contributed by atoms with Gasteiger partial charge in [0.2, 0.25) is 5.91 Å². The molecule has 0 saturated carbocycles. The van der Waals surface area contributed by atoms with Gasteiger partial charge in [0.15, 0.2) is 9.84 Å². The van der Waals surface area contributed by atoms with Gasteiger partial charge in [-0.05, 0) is 31.5 Å². The molecule has 0 radical (unpaired) electrons. The van der Waals surface area contributed by atoms with Crippen LogP contribution in [0.15, 0.2) is 29.2 Å². The van der Waals surface area contributed by atoms with Gasteiger partial charge in [0.05, 0.1) is 22.8 Å². The summed E-state index contributed by atoms with van der Waals surface area (Å²) in [7, 11) is -3.01. The fourth-order valence-electron chi connectivity index (χ4n) is 2.23. The van der Waals surface area contributed by atoms with Gasteiger partial charge in [-0.25, -0.2) is 8.42 Å². The van der Waals surface area contributed by atoms with Crippen LogP contribution in [0.4, 0.5) is 5.69 Å². The zero-order valence-corrected chi connectivity index (χ0v) is 12.9. The van der Waals surface area contributed by atoms with Gasteiger partial charge in [-0.2, -0.15) is 0 Å². The van der Waals surface area contributed by atoms with Crippen LogP contribution < -0.4 is 11.1 Å². The molecule has 110 valence electrons. The number of carbonyl (C=O) groups excluding carboxylic acids is 1. The predicted molar refractivity (Wildman–Crippen MR) is 81.4 cm³/mol. The highest BCUT2D eigenvalue weighted by Gasteiger charge is 2.39. The van der Waals surface area contributed by atoms with E-state index in [1.165, 1.54) is 11.8 Å². The number of hydrogen-bond acceptors (Lipinski definition) is 5. The Morgan fingerprint density at radius 2 is 2.25 bits per heavy atom. The van der Waals surface area contributed by atoms with Crippen molar-refractivity contribution in [2.75, 3.05) is 23.0 Å². The average molecular weight is 314 g/mol. The molecule has 1 atom stereocenters. The number of benzene rings is 1. The third kappa shape index (κ3) is 4.14. The number of nitrogen functional groups attached to an aromatic ring is 1. The Balaban J connectivity index is 1.87. The molecule has 20 heavy (non-hydrogen) atoms. The molecule has 0 aliphatic carbocycles. The van der Waals surface area contributed by atoms with Crippen LogP contribution >= 0.6 is 11.8 Å². The Morgan fingerprint density at radius 1 is 1.50 bits per heavy atom. The van der Waals surface area contributed by atoms with E-state index in [-0.39, 0.29) is 23.2 Å². The quantitative estimate of drug-likeness (QED) is 0.640. The normalized spacial score (nSPS) is 24.4. The molecule has 1 amide bonds. The maximum atomic E-state index is 11.9. The van der Waals surface area contributed by atoms with E-state index in [0.29, 0.717) is 12.1 Å². The van der Waals surface area contributed by atoms with Crippen molar-refractivity contribution in [3.63, 3.8) is 0 Å². The molecule has 2 rings (SSSR count). The molecule has 3 N–H and O–H groups in total. The van der Waals surface area contributed by atoms with Crippen molar-refractivity contribution in [3.05, 3.63) is 24.3 Å². The Morgan fingerprint density at radius 3 is 2.85 bits per heavy atom. The minimum atomic E-state index is -3.01. The molecule has 0 aromatic heterocycles. The highest BCUT2D eigenvalue weighted by molar-refractivity contribution is 8.00. The van der Waals surface area contributed by atoms with Gasteiger partial charge in [0.25, 0.3) is 0 Å². The Kier molecular flexibility index (Phi) is 4.29. The maximum absolute atomic E-state index is 11.9. The van der Waals surface area contributed by atoms with Crippen molar-refractivity contribution >= 4 is 33.2 Å². The molecule has 1 aromatic rings. The second-order valence-corrected chi connectivity index (χ2v) is 8.54. The average Bonchev–Trinajstić information content (AvgIpc) is 2.61. The number of sulfone groups is 1. The first-order chi connectivity index (χ1) is 9.28. The maximum Gasteiger partial charge on any atom is 0.230 e. The molecule has 1 aromatic carbocycles. The lowest BCUT2D eigenvalue weighted by Gasteiger charge is -2.23. The van der Waals surface area contributed by atoms with Gasteiger partial charge in [0.1, 0.15) is 0 Å². The van der Waals surface area contributed by atoms with E-state index in [1.807, 2.05) is 12.1 Å². The van der Waals surface area contributed by atoms with E-state index in [1.54, 1.807) is 19.1 Å². The summed E-state index contributed by atoms with van der Waals surface area (Å²) in [6, 6.07) is 7.31. The van der Waals surface area contributed by atoms with Crippen LogP contribution in [0.1, 0.15) is 13.3 Å². The van der Waals surface area contributed by atoms with Gasteiger partial charge in [-0.3, -0.25) is 4.79 Å². The smallest absolute Gasteiger partial charge is 0.230 e. The second-order valence-electron chi connectivity index (χ2n) is 5.31. The molecule has 1 aliphatic rings. The van der Waals surface area contributed by atoms with E-state index in [9.17, 15) is 13.2 Å². The lowest BCUT2D eigenvalue weighted by atomic mass is 10.0. The van der Waals surface area contributed by atoms with Crippen LogP contribution in [-0.2, 0) is 14.6 Å². The Labute approximate surface area is 123 Å². The summed E-state index contributed by atoms with van der Waals surface area (Å²) in [6.07, 6.45) is 0.476. The summed E-state index contributed by atoms with van der Waals surface area (Å²) in [5, 5.41) is 2.83. The summed E-state index contributed by atoms with van der Waals surface area (Å²) in [4.78, 5) is 12.8. The Hall–Kier alpha value is -1.21. The van der Waals surface area contributed by atoms with Crippen LogP contribution in [-0.4, -0.2) is 37.1 Å². The number of anilines is 1. The molecular formula is C13H18N2O3S2. The van der Waals surface area contributed by atoms with Gasteiger partial charge < -0.3 is 11.1 Å². The van der Waals surface area contributed by atoms with Crippen molar-refractivity contribution in [2.45, 2.75) is 23.8 Å². The first-order valence-corrected chi connectivity index (χ1v) is 9.09. The van der Waals surface area contributed by atoms with E-state index in [4.69, 9.17) is 5.73 Å². The van der Waals surface area contributed by atoms with E-state index >= 15 is 0 Å². The van der Waals surface area contributed by atoms with Crippen molar-refractivity contribution < 1.29 is 13.2 Å². The SMILES string of the molecule is CC1(NC(=O)CSc2cccc(N)c2)CCS(=O)(=O)C1. The molecule has 1 heterocycles. The lowest BCUT2D eigenvalue weighted by Crippen LogP contribution is -2.47. The number of hydrogen-bond donors (Lipinski definition) is 2. The van der Waals surface area contributed by atoms with Gasteiger partial charge in [-0.15, -0.1) is 11.8 Å². The number of rotatable bonds is 4. The number of nitrogens with one attached hydrogen (secondary N) is 1. The van der Waals surface area contributed by atoms with Crippen molar-refractivity contribution in [2.24, 2.45) is 0 Å². The summed E-state index contributed by atoms with van der Waals surface area (Å²) >= 11 is 1.38. The number of amides is 1. The molecule has 5 nitrogen and oxygen atoms in total. The van der Waals surface area contributed by atoms with E-state index in [0.717, 1.165) is 4.90 Å². The highest BCUT2D eigenvalue weighted by atomic mass is 32.2. The van der Waals surface area contributed by atoms with Gasteiger partial charge in [0, 0.05) is 10.6 Å². The predicted octanol–water partition coefficient (Wildman–Crippen LogP) is 1.05. The van der Waals surface area contributed by atoms with Gasteiger partial charge in [-0.1, -0.05) is 6.07 Å². The number of carbonyl (C=O) groups is 1. The standard InChI is InChI=1S/C13H18N2O3S2/c1-13(5-6-20(17,18)9-13)15-12(16)8-19-11-4-2-3-10(14)7-11/h2-4,7H,5-6,8-9,14H2,1H3,(H,15,16). The Bertz CT molecular complexity index is 616. The first kappa shape index (κ1) is 15.2. The van der Waals surface area contributed by atoms with E-state index in [2.05, 4.69) is 5.32 Å². The fraction of sp³-hybridized carbons (Fsp3) is 0.462. The molecule has 7 heteroatoms. The van der Waals surface area contributed by atoms with Crippen LogP contribution in [0.25, 0.3) is 0 Å². The van der Waals surface area contributed by atoms with Crippen LogP contribution in [0.3, 0.4) is 0 Å². The highest BCUT2D eigenvalue weighted by Crippen LogP contribution is 2.24. The van der Waals surface area contributed by atoms with Crippen molar-refractivity contribution in [1.29, 1.82) is 0 Å². The third-order valence-corrected chi connectivity index (χ3v) is 6.07. The summed E-state index contributed by atoms with van der Waals surface area (Å²) in [5.41, 5.74) is 5.69. The van der Waals surface area contributed by atoms with Crippen LogP contribution in [0.2, 0.25) is 0 Å². The topological polar surface area (TPSA) is 89.3 Å². The second kappa shape index (κ2) is 5.65. The molecule has 1 fully saturated rings. The molecular weight excluding hydrogens is 296 g/mol. The van der Waals surface area contributed by atoms with Crippen LogP contribution in [0, 0.1) is 0 Å². The first-order valence-electron chi connectivity index (χ1n) is 6.28. The molecule has 0 bridgehead atoms. The zero-order chi connectivity index (χ0) is 14.8. The van der Waals surface area contributed by atoms with Crippen molar-refractivity contribution in [3.8, 4) is 0 Å². The molecule has 0 spiro atoms. The summed E-state index contributed by atoms with van der Waals surface area (Å²) in [6.45, 7) is 1.78. The minimum absolute atomic E-state index is 0.0225. The van der Waals surface area contributed by atoms with Gasteiger partial charge >= 0.3 is 0 Å². The van der Waals surface area contributed by atoms with Crippen LogP contribution in [0.5, 0.6) is 0 Å². The minimum Gasteiger partial charge on any atom is -0.399 e. The largest absolute Gasteiger partial charge is 0.399 e. The number of thioether (sulfide) groups is 1. The summed E-state index contributed by atoms with van der Waals surface area (Å²) in [5.74, 6) is 0.261. The molecule has 1 saturated heterocycles. The third-order valence-electron chi connectivity index (χ3n) is 3.17. The summed E-state index contributed by atoms with van der Waals surface area (Å²) < 4.78 is 22.9. The van der Waals surface area contributed by atoms with Crippen molar-refractivity contribution in [1.82, 2.24) is 5.32 Å². The number of nitrogens with two attached hydrogens (primary N) is 1. The fourth-order valence-corrected chi connectivity index (χ4v) is 5.09. The van der Waals surface area contributed by atoms with E-state index < -0.39 is 15.4 Å².